The molecule has 0 unspecified atom stereocenters. The van der Waals surface area contributed by atoms with Crippen LogP contribution in [0.15, 0.2) is 23.3 Å². The summed E-state index contributed by atoms with van der Waals surface area (Å²) in [4.78, 5) is 38.2. The van der Waals surface area contributed by atoms with E-state index in [2.05, 4.69) is 15.8 Å². The number of esters is 1. The van der Waals surface area contributed by atoms with Crippen LogP contribution in [0.5, 0.6) is 0 Å². The van der Waals surface area contributed by atoms with Crippen LogP contribution in [0.2, 0.25) is 10.0 Å². The molecule has 3 rings (SSSR count). The van der Waals surface area contributed by atoms with E-state index < -0.39 is 17.8 Å². The molecule has 2 N–H and O–H groups in total. The maximum atomic E-state index is 12.5. The Morgan fingerprint density at radius 3 is 2.61 bits per heavy atom. The lowest BCUT2D eigenvalue weighted by Crippen LogP contribution is -2.33. The van der Waals surface area contributed by atoms with Crippen LogP contribution in [-0.2, 0) is 27.2 Å². The molecule has 164 valence electrons. The van der Waals surface area contributed by atoms with Crippen LogP contribution in [0.1, 0.15) is 53.1 Å². The fraction of sp³-hybridized carbons (Fsp3) is 0.333. The van der Waals surface area contributed by atoms with Crippen molar-refractivity contribution in [2.24, 2.45) is 5.10 Å². The first-order chi connectivity index (χ1) is 14.8. The van der Waals surface area contributed by atoms with Gasteiger partial charge >= 0.3 is 17.8 Å². The molecule has 0 saturated carbocycles. The van der Waals surface area contributed by atoms with E-state index in [4.69, 9.17) is 27.9 Å². The molecule has 0 atom stereocenters. The third-order valence-electron chi connectivity index (χ3n) is 4.73. The van der Waals surface area contributed by atoms with Gasteiger partial charge in [-0.15, -0.1) is 11.3 Å². The van der Waals surface area contributed by atoms with Crippen molar-refractivity contribution in [2.75, 3.05) is 11.9 Å². The molecule has 1 heterocycles. The minimum Gasteiger partial charge on any atom is -0.462 e. The number of fused-ring (bicyclic) bond motifs is 1. The molecule has 0 aliphatic heterocycles. The summed E-state index contributed by atoms with van der Waals surface area (Å²) in [5.74, 6) is -2.39. The first-order valence-corrected chi connectivity index (χ1v) is 11.3. The van der Waals surface area contributed by atoms with Gasteiger partial charge in [-0.3, -0.25) is 9.59 Å². The molecule has 10 heteroatoms. The number of halogens is 2. The third-order valence-corrected chi connectivity index (χ3v) is 6.49. The highest BCUT2D eigenvalue weighted by molar-refractivity contribution is 7.17. The van der Waals surface area contributed by atoms with Crippen molar-refractivity contribution in [3.05, 3.63) is 49.8 Å². The molecule has 2 amide bonds. The summed E-state index contributed by atoms with van der Waals surface area (Å²) in [5, 5.41) is 7.65. The monoisotopic (exact) mass is 481 g/mol. The van der Waals surface area contributed by atoms with Gasteiger partial charge in [0.15, 0.2) is 0 Å². The minimum absolute atomic E-state index is 0.221. The van der Waals surface area contributed by atoms with Gasteiger partial charge in [0.25, 0.3) is 0 Å². The summed E-state index contributed by atoms with van der Waals surface area (Å²) in [6, 6.07) is 4.87. The lowest BCUT2D eigenvalue weighted by molar-refractivity contribution is -0.136. The largest absolute Gasteiger partial charge is 0.462 e. The van der Waals surface area contributed by atoms with E-state index in [9.17, 15) is 14.4 Å². The number of hydrogen-bond donors (Lipinski definition) is 2. The number of benzene rings is 1. The number of amides is 2. The molecule has 2 aromatic rings. The van der Waals surface area contributed by atoms with E-state index in [1.54, 1.807) is 32.0 Å². The van der Waals surface area contributed by atoms with Crippen LogP contribution in [0, 0.1) is 0 Å². The van der Waals surface area contributed by atoms with Gasteiger partial charge < -0.3 is 10.1 Å². The van der Waals surface area contributed by atoms with Crippen molar-refractivity contribution in [1.29, 1.82) is 0 Å². The molecule has 1 aliphatic carbocycles. The number of aryl methyl sites for hydroxylation is 1. The average Bonchev–Trinajstić information content (AvgIpc) is 3.09. The molecular weight excluding hydrogens is 461 g/mol. The lowest BCUT2D eigenvalue weighted by atomic mass is 9.95. The topological polar surface area (TPSA) is 96.9 Å². The van der Waals surface area contributed by atoms with E-state index in [-0.39, 0.29) is 6.61 Å². The predicted molar refractivity (Wildman–Crippen MR) is 122 cm³/mol. The first kappa shape index (κ1) is 23.2. The molecule has 0 saturated heterocycles. The fourth-order valence-electron chi connectivity index (χ4n) is 3.26. The van der Waals surface area contributed by atoms with Gasteiger partial charge in [-0.1, -0.05) is 29.3 Å². The van der Waals surface area contributed by atoms with Crippen LogP contribution >= 0.6 is 34.5 Å². The van der Waals surface area contributed by atoms with E-state index >= 15 is 0 Å². The second kappa shape index (κ2) is 10.3. The van der Waals surface area contributed by atoms with Crippen LogP contribution in [0.25, 0.3) is 0 Å². The van der Waals surface area contributed by atoms with E-state index in [0.717, 1.165) is 36.1 Å². The number of nitrogens with one attached hydrogen (secondary N) is 2. The van der Waals surface area contributed by atoms with Gasteiger partial charge in [-0.25, -0.2) is 10.2 Å². The number of anilines is 1. The molecule has 1 aromatic carbocycles. The van der Waals surface area contributed by atoms with E-state index in [1.165, 1.54) is 11.3 Å². The van der Waals surface area contributed by atoms with Gasteiger partial charge in [0.2, 0.25) is 0 Å². The van der Waals surface area contributed by atoms with Crippen molar-refractivity contribution in [3.63, 3.8) is 0 Å². The Morgan fingerprint density at radius 1 is 1.16 bits per heavy atom. The highest BCUT2D eigenvalue weighted by Crippen LogP contribution is 2.38. The molecule has 0 radical (unpaired) electrons. The quantitative estimate of drug-likeness (QED) is 0.282. The first-order valence-electron chi connectivity index (χ1n) is 9.74. The second-order valence-electron chi connectivity index (χ2n) is 6.85. The molecular formula is C21H21Cl2N3O4S. The Labute approximate surface area is 193 Å². The Kier molecular flexibility index (Phi) is 7.69. The van der Waals surface area contributed by atoms with E-state index in [1.807, 2.05) is 0 Å². The van der Waals surface area contributed by atoms with Crippen molar-refractivity contribution >= 4 is 63.0 Å². The van der Waals surface area contributed by atoms with E-state index in [0.29, 0.717) is 31.9 Å². The standard InChI is InChI=1S/C21H21Cl2N3O4S/c1-3-30-21(29)17-14-6-4-5-7-16(14)31-20(17)24-18(27)19(28)26-25-11(2)13-9-8-12(22)10-15(13)23/h8-10H,3-7H2,1-2H3,(H,24,27)(H,26,28)/b25-11+. The zero-order chi connectivity index (χ0) is 22.5. The number of rotatable bonds is 5. The number of ether oxygens (including phenoxy) is 1. The SMILES string of the molecule is CCOC(=O)c1c(NC(=O)C(=O)N/N=C(\C)c2ccc(Cl)cc2Cl)sc2c1CCCC2. The Balaban J connectivity index is 1.74. The van der Waals surface area contributed by atoms with Gasteiger partial charge in [0.05, 0.1) is 22.9 Å². The molecule has 7 nitrogen and oxygen atoms in total. The van der Waals surface area contributed by atoms with Crippen LogP contribution < -0.4 is 10.7 Å². The number of carbonyl (C=O) groups excluding carboxylic acids is 3. The maximum Gasteiger partial charge on any atom is 0.341 e. The van der Waals surface area contributed by atoms with Gasteiger partial charge in [0, 0.05) is 15.5 Å². The summed E-state index contributed by atoms with van der Waals surface area (Å²) in [6.07, 6.45) is 3.56. The number of hydrogen-bond acceptors (Lipinski definition) is 6. The summed E-state index contributed by atoms with van der Waals surface area (Å²) in [5.41, 5.74) is 4.43. The highest BCUT2D eigenvalue weighted by atomic mass is 35.5. The normalized spacial score (nSPS) is 13.4. The second-order valence-corrected chi connectivity index (χ2v) is 8.80. The fourth-order valence-corrected chi connectivity index (χ4v) is 5.08. The van der Waals surface area contributed by atoms with Gasteiger partial charge in [-0.05, 0) is 57.2 Å². The number of carbonyl (C=O) groups is 3. The van der Waals surface area contributed by atoms with Gasteiger partial charge in [0.1, 0.15) is 5.00 Å². The van der Waals surface area contributed by atoms with Crippen LogP contribution in [0.4, 0.5) is 5.00 Å². The number of thiophene rings is 1. The zero-order valence-electron chi connectivity index (χ0n) is 17.0. The minimum atomic E-state index is -0.967. The molecule has 0 spiro atoms. The Morgan fingerprint density at radius 2 is 1.90 bits per heavy atom. The molecule has 1 aliphatic rings. The maximum absolute atomic E-state index is 12.5. The van der Waals surface area contributed by atoms with Crippen molar-refractivity contribution < 1.29 is 19.1 Å². The van der Waals surface area contributed by atoms with Crippen molar-refractivity contribution in [3.8, 4) is 0 Å². The van der Waals surface area contributed by atoms with Gasteiger partial charge in [-0.2, -0.15) is 5.10 Å². The number of hydrazone groups is 1. The number of nitrogens with zero attached hydrogens (tertiary/aromatic N) is 1. The van der Waals surface area contributed by atoms with Crippen molar-refractivity contribution in [2.45, 2.75) is 39.5 Å². The Bertz CT molecular complexity index is 1070. The summed E-state index contributed by atoms with van der Waals surface area (Å²) in [7, 11) is 0. The average molecular weight is 482 g/mol. The summed E-state index contributed by atoms with van der Waals surface area (Å²) in [6.45, 7) is 3.58. The summed E-state index contributed by atoms with van der Waals surface area (Å²) < 4.78 is 5.15. The van der Waals surface area contributed by atoms with Crippen LogP contribution in [0.3, 0.4) is 0 Å². The van der Waals surface area contributed by atoms with Crippen LogP contribution in [-0.4, -0.2) is 30.1 Å². The summed E-state index contributed by atoms with van der Waals surface area (Å²) >= 11 is 13.3. The molecule has 31 heavy (non-hydrogen) atoms. The molecule has 0 bridgehead atoms. The predicted octanol–water partition coefficient (Wildman–Crippen LogP) is 4.59. The van der Waals surface area contributed by atoms with Crippen molar-refractivity contribution in [1.82, 2.24) is 5.43 Å². The third kappa shape index (κ3) is 5.44. The zero-order valence-corrected chi connectivity index (χ0v) is 19.3. The Hall–Kier alpha value is -2.42. The smallest absolute Gasteiger partial charge is 0.341 e. The highest BCUT2D eigenvalue weighted by Gasteiger charge is 2.28. The lowest BCUT2D eigenvalue weighted by Gasteiger charge is -2.12. The molecule has 1 aromatic heterocycles. The molecule has 0 fully saturated rings.